The maximum absolute atomic E-state index is 9.64. The number of nitrogens with zero attached hydrogens (tertiary/aromatic N) is 3. The molecular formula is C9H17N3O. The molecule has 4 heteroatoms. The maximum atomic E-state index is 9.64. The number of rotatable bonds is 3. The third-order valence-corrected chi connectivity index (χ3v) is 2.18. The molecule has 1 N–H and O–H groups in total. The third-order valence-electron chi connectivity index (χ3n) is 2.18. The molecule has 1 aromatic rings. The lowest BCUT2D eigenvalue weighted by Gasteiger charge is -2.12. The molecule has 1 atom stereocenters. The highest BCUT2D eigenvalue weighted by Crippen LogP contribution is 2.17. The van der Waals surface area contributed by atoms with E-state index in [0.717, 1.165) is 6.42 Å². The van der Waals surface area contributed by atoms with Crippen molar-refractivity contribution in [2.24, 2.45) is 0 Å². The van der Waals surface area contributed by atoms with Crippen LogP contribution in [-0.2, 0) is 5.60 Å². The molecule has 4 nitrogen and oxygen atoms in total. The van der Waals surface area contributed by atoms with Gasteiger partial charge in [-0.1, -0.05) is 12.1 Å². The van der Waals surface area contributed by atoms with E-state index in [9.17, 15) is 5.11 Å². The first-order valence-corrected chi connectivity index (χ1v) is 4.59. The molecular weight excluding hydrogens is 166 g/mol. The van der Waals surface area contributed by atoms with E-state index in [4.69, 9.17) is 0 Å². The van der Waals surface area contributed by atoms with Gasteiger partial charge in [0.1, 0.15) is 11.3 Å². The molecule has 0 saturated carbocycles. The number of hydrogen-bond donors (Lipinski definition) is 1. The molecule has 1 unspecified atom stereocenters. The van der Waals surface area contributed by atoms with Gasteiger partial charge in [-0.05, 0) is 27.2 Å². The second-order valence-corrected chi connectivity index (χ2v) is 3.90. The minimum Gasteiger partial charge on any atom is -0.384 e. The Labute approximate surface area is 78.6 Å². The Balaban J connectivity index is 2.87. The smallest absolute Gasteiger partial charge is 0.114 e. The van der Waals surface area contributed by atoms with Crippen molar-refractivity contribution in [3.8, 4) is 0 Å². The van der Waals surface area contributed by atoms with E-state index in [0.29, 0.717) is 11.7 Å². The predicted octanol–water partition coefficient (Wildman–Crippen LogP) is 1.48. The van der Waals surface area contributed by atoms with Crippen LogP contribution in [0.3, 0.4) is 0 Å². The molecule has 1 rings (SSSR count). The third kappa shape index (κ3) is 2.28. The van der Waals surface area contributed by atoms with Crippen molar-refractivity contribution >= 4 is 0 Å². The normalized spacial score (nSPS) is 14.5. The van der Waals surface area contributed by atoms with Gasteiger partial charge < -0.3 is 5.11 Å². The van der Waals surface area contributed by atoms with Crippen LogP contribution in [0.4, 0.5) is 0 Å². The second-order valence-electron chi connectivity index (χ2n) is 3.90. The van der Waals surface area contributed by atoms with Crippen LogP contribution in [0.5, 0.6) is 0 Å². The summed E-state index contributed by atoms with van der Waals surface area (Å²) < 4.78 is 1.79. The van der Waals surface area contributed by atoms with Crippen LogP contribution in [0.1, 0.15) is 45.9 Å². The summed E-state index contributed by atoms with van der Waals surface area (Å²) in [5.74, 6) is 0. The minimum absolute atomic E-state index is 0.337. The zero-order valence-electron chi connectivity index (χ0n) is 8.65. The lowest BCUT2D eigenvalue weighted by molar-refractivity contribution is 0.0737. The molecule has 74 valence electrons. The molecule has 13 heavy (non-hydrogen) atoms. The zero-order valence-corrected chi connectivity index (χ0v) is 8.65. The molecule has 0 spiro atoms. The molecule has 0 amide bonds. The van der Waals surface area contributed by atoms with Crippen LogP contribution in [-0.4, -0.2) is 20.1 Å². The largest absolute Gasteiger partial charge is 0.384 e. The molecule has 0 aliphatic carbocycles. The van der Waals surface area contributed by atoms with Gasteiger partial charge in [-0.2, -0.15) is 0 Å². The van der Waals surface area contributed by atoms with Crippen molar-refractivity contribution < 1.29 is 5.11 Å². The summed E-state index contributed by atoms with van der Waals surface area (Å²) in [5, 5.41) is 17.5. The summed E-state index contributed by atoms with van der Waals surface area (Å²) in [6, 6.07) is 0.337. The zero-order chi connectivity index (χ0) is 10.1. The number of aromatic nitrogens is 3. The van der Waals surface area contributed by atoms with Crippen LogP contribution >= 0.6 is 0 Å². The molecule has 1 aromatic heterocycles. The Morgan fingerprint density at radius 1 is 1.62 bits per heavy atom. The summed E-state index contributed by atoms with van der Waals surface area (Å²) in [6.07, 6.45) is 2.81. The van der Waals surface area contributed by atoms with Gasteiger partial charge in [0, 0.05) is 0 Å². The van der Waals surface area contributed by atoms with Crippen molar-refractivity contribution in [1.82, 2.24) is 15.0 Å². The molecule has 0 aliphatic rings. The van der Waals surface area contributed by atoms with Crippen LogP contribution in [0, 0.1) is 0 Å². The van der Waals surface area contributed by atoms with E-state index in [1.165, 1.54) is 0 Å². The van der Waals surface area contributed by atoms with Gasteiger partial charge in [0.05, 0.1) is 12.2 Å². The minimum atomic E-state index is -0.897. The SMILES string of the molecule is CCC(C)n1cc(C(C)(C)O)nn1. The molecule has 0 fully saturated rings. The molecule has 0 aliphatic heterocycles. The molecule has 1 heterocycles. The van der Waals surface area contributed by atoms with E-state index < -0.39 is 5.60 Å². The first-order valence-electron chi connectivity index (χ1n) is 4.59. The fourth-order valence-electron chi connectivity index (χ4n) is 0.960. The van der Waals surface area contributed by atoms with Crippen molar-refractivity contribution in [3.05, 3.63) is 11.9 Å². The first-order chi connectivity index (χ1) is 5.95. The molecule has 0 radical (unpaired) electrons. The van der Waals surface area contributed by atoms with E-state index in [-0.39, 0.29) is 0 Å². The van der Waals surface area contributed by atoms with Crippen molar-refractivity contribution in [2.45, 2.75) is 45.8 Å². The predicted molar refractivity (Wildman–Crippen MR) is 50.3 cm³/mol. The Hall–Kier alpha value is -0.900. The summed E-state index contributed by atoms with van der Waals surface area (Å²) in [4.78, 5) is 0. The van der Waals surface area contributed by atoms with Crippen LogP contribution in [0.25, 0.3) is 0 Å². The fourth-order valence-corrected chi connectivity index (χ4v) is 0.960. The Kier molecular flexibility index (Phi) is 2.71. The maximum Gasteiger partial charge on any atom is 0.114 e. The van der Waals surface area contributed by atoms with E-state index in [1.807, 2.05) is 0 Å². The van der Waals surface area contributed by atoms with Crippen molar-refractivity contribution in [1.29, 1.82) is 0 Å². The second kappa shape index (κ2) is 3.46. The van der Waals surface area contributed by atoms with Gasteiger partial charge in [0.15, 0.2) is 0 Å². The number of hydrogen-bond acceptors (Lipinski definition) is 3. The quantitative estimate of drug-likeness (QED) is 0.772. The fraction of sp³-hybridized carbons (Fsp3) is 0.778. The van der Waals surface area contributed by atoms with Gasteiger partial charge in [-0.3, -0.25) is 0 Å². The van der Waals surface area contributed by atoms with Crippen LogP contribution in [0.15, 0.2) is 6.20 Å². The topological polar surface area (TPSA) is 50.9 Å². The highest BCUT2D eigenvalue weighted by molar-refractivity contribution is 5.03. The van der Waals surface area contributed by atoms with E-state index in [1.54, 1.807) is 24.7 Å². The van der Waals surface area contributed by atoms with Gasteiger partial charge in [-0.25, -0.2) is 4.68 Å². The van der Waals surface area contributed by atoms with Crippen LogP contribution < -0.4 is 0 Å². The van der Waals surface area contributed by atoms with E-state index in [2.05, 4.69) is 24.2 Å². The van der Waals surface area contributed by atoms with Gasteiger partial charge in [0.2, 0.25) is 0 Å². The van der Waals surface area contributed by atoms with Crippen molar-refractivity contribution in [3.63, 3.8) is 0 Å². The summed E-state index contributed by atoms with van der Waals surface area (Å²) in [6.45, 7) is 7.58. The van der Waals surface area contributed by atoms with Crippen LogP contribution in [0.2, 0.25) is 0 Å². The summed E-state index contributed by atoms with van der Waals surface area (Å²) >= 11 is 0. The lowest BCUT2D eigenvalue weighted by atomic mass is 10.1. The Morgan fingerprint density at radius 2 is 2.23 bits per heavy atom. The first kappa shape index (κ1) is 10.2. The number of aliphatic hydroxyl groups is 1. The highest BCUT2D eigenvalue weighted by Gasteiger charge is 2.20. The molecule has 0 saturated heterocycles. The van der Waals surface area contributed by atoms with E-state index >= 15 is 0 Å². The van der Waals surface area contributed by atoms with Gasteiger partial charge in [0.25, 0.3) is 0 Å². The summed E-state index contributed by atoms with van der Waals surface area (Å²) in [7, 11) is 0. The average molecular weight is 183 g/mol. The average Bonchev–Trinajstić information content (AvgIpc) is 2.50. The lowest BCUT2D eigenvalue weighted by Crippen LogP contribution is -2.15. The monoisotopic (exact) mass is 183 g/mol. The molecule has 0 bridgehead atoms. The van der Waals surface area contributed by atoms with Gasteiger partial charge >= 0.3 is 0 Å². The molecule has 0 aromatic carbocycles. The van der Waals surface area contributed by atoms with Crippen molar-refractivity contribution in [2.75, 3.05) is 0 Å². The van der Waals surface area contributed by atoms with Gasteiger partial charge in [-0.15, -0.1) is 5.10 Å². The Bertz CT molecular complexity index is 275. The Morgan fingerprint density at radius 3 is 2.62 bits per heavy atom. The summed E-state index contributed by atoms with van der Waals surface area (Å²) in [5.41, 5.74) is -0.279. The standard InChI is InChI=1S/C9H17N3O/c1-5-7(2)12-6-8(10-11-12)9(3,4)13/h6-7,13H,5H2,1-4H3. The highest BCUT2D eigenvalue weighted by atomic mass is 16.3.